The Morgan fingerprint density at radius 3 is 2.63 bits per heavy atom. The number of hydrogen-bond donors (Lipinski definition) is 1. The fourth-order valence-electron chi connectivity index (χ4n) is 2.71. The molecule has 0 atom stereocenters. The number of aryl methyl sites for hydroxylation is 1. The second-order valence-electron chi connectivity index (χ2n) is 5.39. The summed E-state index contributed by atoms with van der Waals surface area (Å²) in [5.41, 5.74) is 1.56. The Morgan fingerprint density at radius 1 is 1.37 bits per heavy atom. The average molecular weight is 345 g/mol. The summed E-state index contributed by atoms with van der Waals surface area (Å²) < 4.78 is 0. The lowest BCUT2D eigenvalue weighted by Crippen LogP contribution is -2.51. The van der Waals surface area contributed by atoms with Crippen LogP contribution in [0.2, 0.25) is 5.02 Å². The first kappa shape index (κ1) is 14.9. The van der Waals surface area contributed by atoms with Crippen LogP contribution in [0.4, 0.5) is 0 Å². The highest BCUT2D eigenvalue weighted by molar-refractivity contribution is 9.09. The molecule has 0 saturated heterocycles. The highest BCUT2D eigenvalue weighted by Crippen LogP contribution is 2.30. The second-order valence-corrected chi connectivity index (χ2v) is 6.39. The summed E-state index contributed by atoms with van der Waals surface area (Å²) in [4.78, 5) is 12.4. The van der Waals surface area contributed by atoms with Gasteiger partial charge in [-0.2, -0.15) is 0 Å². The summed E-state index contributed by atoms with van der Waals surface area (Å²) in [5, 5.41) is 4.72. The predicted molar refractivity (Wildman–Crippen MR) is 83.3 cm³/mol. The number of benzene rings is 1. The molecule has 1 aliphatic rings. The van der Waals surface area contributed by atoms with E-state index in [9.17, 15) is 4.79 Å². The van der Waals surface area contributed by atoms with Gasteiger partial charge in [-0.15, -0.1) is 0 Å². The number of alkyl halides is 1. The van der Waals surface area contributed by atoms with E-state index in [1.807, 2.05) is 13.0 Å². The van der Waals surface area contributed by atoms with Crippen molar-refractivity contribution in [1.82, 2.24) is 5.32 Å². The van der Waals surface area contributed by atoms with E-state index in [1.54, 1.807) is 12.1 Å². The lowest BCUT2D eigenvalue weighted by Gasteiger charge is -2.36. The maximum absolute atomic E-state index is 12.4. The average Bonchev–Trinajstić information content (AvgIpc) is 2.39. The van der Waals surface area contributed by atoms with E-state index in [1.165, 1.54) is 19.3 Å². The van der Waals surface area contributed by atoms with Crippen molar-refractivity contribution in [3.05, 3.63) is 34.3 Å². The molecular weight excluding hydrogens is 326 g/mol. The molecule has 1 aromatic rings. The molecule has 1 N–H and O–H groups in total. The van der Waals surface area contributed by atoms with Gasteiger partial charge in [0, 0.05) is 15.9 Å². The molecule has 104 valence electrons. The highest BCUT2D eigenvalue weighted by Gasteiger charge is 2.32. The Balaban J connectivity index is 2.15. The van der Waals surface area contributed by atoms with Gasteiger partial charge in [0.25, 0.3) is 5.91 Å². The molecule has 1 fully saturated rings. The third-order valence-electron chi connectivity index (χ3n) is 3.88. The minimum atomic E-state index is -0.0819. The summed E-state index contributed by atoms with van der Waals surface area (Å²) in [6, 6.07) is 5.40. The smallest absolute Gasteiger partial charge is 0.252 e. The van der Waals surface area contributed by atoms with Crippen LogP contribution < -0.4 is 5.32 Å². The SMILES string of the molecule is Cc1cc(Cl)ccc1C(=O)NC1(CBr)CCCCC1. The van der Waals surface area contributed by atoms with Gasteiger partial charge in [0.2, 0.25) is 0 Å². The summed E-state index contributed by atoms with van der Waals surface area (Å²) in [5.74, 6) is 0.00974. The van der Waals surface area contributed by atoms with Crippen LogP contribution in [0.15, 0.2) is 18.2 Å². The van der Waals surface area contributed by atoms with Crippen molar-refractivity contribution < 1.29 is 4.79 Å². The van der Waals surface area contributed by atoms with Crippen molar-refractivity contribution in [3.8, 4) is 0 Å². The molecule has 0 bridgehead atoms. The minimum absolute atomic E-state index is 0.00974. The second kappa shape index (κ2) is 6.27. The predicted octanol–water partition coefficient (Wildman–Crippen LogP) is 4.48. The number of carbonyl (C=O) groups excluding carboxylic acids is 1. The molecule has 1 saturated carbocycles. The van der Waals surface area contributed by atoms with Gasteiger partial charge in [-0.3, -0.25) is 4.79 Å². The van der Waals surface area contributed by atoms with Crippen molar-refractivity contribution in [1.29, 1.82) is 0 Å². The number of hydrogen-bond acceptors (Lipinski definition) is 1. The maximum Gasteiger partial charge on any atom is 0.252 e. The molecule has 0 radical (unpaired) electrons. The molecule has 19 heavy (non-hydrogen) atoms. The van der Waals surface area contributed by atoms with Crippen LogP contribution >= 0.6 is 27.5 Å². The first-order chi connectivity index (χ1) is 9.06. The molecule has 4 heteroatoms. The quantitative estimate of drug-likeness (QED) is 0.805. The van der Waals surface area contributed by atoms with E-state index in [0.29, 0.717) is 5.02 Å². The Bertz CT molecular complexity index is 469. The van der Waals surface area contributed by atoms with Gasteiger partial charge < -0.3 is 5.32 Å². The number of nitrogens with one attached hydrogen (secondary N) is 1. The molecule has 0 unspecified atom stereocenters. The van der Waals surface area contributed by atoms with Gasteiger partial charge >= 0.3 is 0 Å². The van der Waals surface area contributed by atoms with Crippen LogP contribution in [0.25, 0.3) is 0 Å². The molecule has 1 aliphatic carbocycles. The molecule has 1 amide bonds. The van der Waals surface area contributed by atoms with Gasteiger partial charge in [0.05, 0.1) is 5.54 Å². The Kier molecular flexibility index (Phi) is 4.91. The first-order valence-corrected chi connectivity index (χ1v) is 8.21. The third kappa shape index (κ3) is 3.51. The van der Waals surface area contributed by atoms with Gasteiger partial charge in [-0.1, -0.05) is 46.8 Å². The summed E-state index contributed by atoms with van der Waals surface area (Å²) in [6.45, 7) is 1.92. The Hall–Kier alpha value is -0.540. The summed E-state index contributed by atoms with van der Waals surface area (Å²) in [6.07, 6.45) is 5.74. The maximum atomic E-state index is 12.4. The zero-order valence-electron chi connectivity index (χ0n) is 11.1. The number of rotatable bonds is 3. The largest absolute Gasteiger partial charge is 0.346 e. The third-order valence-corrected chi connectivity index (χ3v) is 5.19. The van der Waals surface area contributed by atoms with Crippen LogP contribution in [-0.2, 0) is 0 Å². The van der Waals surface area contributed by atoms with E-state index in [2.05, 4.69) is 21.2 Å². The molecule has 0 aliphatic heterocycles. The van der Waals surface area contributed by atoms with Gasteiger partial charge in [0.15, 0.2) is 0 Å². The van der Waals surface area contributed by atoms with Crippen molar-refractivity contribution in [2.75, 3.05) is 5.33 Å². The van der Waals surface area contributed by atoms with Crippen LogP contribution in [0.1, 0.15) is 48.0 Å². The molecule has 2 rings (SSSR count). The first-order valence-electron chi connectivity index (χ1n) is 6.71. The molecular formula is C15H19BrClNO. The van der Waals surface area contributed by atoms with Gasteiger partial charge in [-0.25, -0.2) is 0 Å². The zero-order valence-corrected chi connectivity index (χ0v) is 13.5. The minimum Gasteiger partial charge on any atom is -0.346 e. The lowest BCUT2D eigenvalue weighted by molar-refractivity contribution is 0.0886. The summed E-state index contributed by atoms with van der Waals surface area (Å²) in [7, 11) is 0. The van der Waals surface area contributed by atoms with E-state index in [-0.39, 0.29) is 11.4 Å². The Morgan fingerprint density at radius 2 is 2.05 bits per heavy atom. The van der Waals surface area contributed by atoms with Crippen LogP contribution in [0.3, 0.4) is 0 Å². The van der Waals surface area contributed by atoms with Crippen LogP contribution in [-0.4, -0.2) is 16.8 Å². The summed E-state index contributed by atoms with van der Waals surface area (Å²) >= 11 is 9.49. The number of amides is 1. The van der Waals surface area contributed by atoms with Crippen molar-refractivity contribution in [2.45, 2.75) is 44.6 Å². The molecule has 0 spiro atoms. The number of halogens is 2. The molecule has 1 aromatic carbocycles. The van der Waals surface area contributed by atoms with Gasteiger partial charge in [0.1, 0.15) is 0 Å². The van der Waals surface area contributed by atoms with Crippen molar-refractivity contribution in [2.24, 2.45) is 0 Å². The molecule has 0 aromatic heterocycles. The monoisotopic (exact) mass is 343 g/mol. The van der Waals surface area contributed by atoms with E-state index >= 15 is 0 Å². The number of carbonyl (C=O) groups is 1. The Labute approximate surface area is 128 Å². The van der Waals surface area contributed by atoms with Crippen LogP contribution in [0.5, 0.6) is 0 Å². The fraction of sp³-hybridized carbons (Fsp3) is 0.533. The van der Waals surface area contributed by atoms with Crippen molar-refractivity contribution in [3.63, 3.8) is 0 Å². The molecule has 0 heterocycles. The van der Waals surface area contributed by atoms with Crippen LogP contribution in [0, 0.1) is 6.92 Å². The zero-order chi connectivity index (χ0) is 13.9. The lowest BCUT2D eigenvalue weighted by atomic mass is 9.83. The van der Waals surface area contributed by atoms with E-state index in [0.717, 1.165) is 29.3 Å². The topological polar surface area (TPSA) is 29.1 Å². The highest BCUT2D eigenvalue weighted by atomic mass is 79.9. The van der Waals surface area contributed by atoms with E-state index in [4.69, 9.17) is 11.6 Å². The molecule has 2 nitrogen and oxygen atoms in total. The standard InChI is InChI=1S/C15H19BrClNO/c1-11-9-12(17)5-6-13(11)14(19)18-15(10-16)7-3-2-4-8-15/h5-6,9H,2-4,7-8,10H2,1H3,(H,18,19). The normalized spacial score (nSPS) is 18.1. The van der Waals surface area contributed by atoms with Crippen molar-refractivity contribution >= 4 is 33.4 Å². The van der Waals surface area contributed by atoms with E-state index < -0.39 is 0 Å². The van der Waals surface area contributed by atoms with Gasteiger partial charge in [-0.05, 0) is 43.5 Å². The fourth-order valence-corrected chi connectivity index (χ4v) is 3.64.